The van der Waals surface area contributed by atoms with Crippen molar-refractivity contribution < 1.29 is 4.79 Å². The highest BCUT2D eigenvalue weighted by atomic mass is 32.1. The smallest absolute Gasteiger partial charge is 0.265 e. The molecule has 0 aliphatic carbocycles. The van der Waals surface area contributed by atoms with Crippen molar-refractivity contribution >= 4 is 39.7 Å². The van der Waals surface area contributed by atoms with Gasteiger partial charge in [-0.1, -0.05) is 24.3 Å². The lowest BCUT2D eigenvalue weighted by molar-refractivity contribution is 0.103. The van der Waals surface area contributed by atoms with Crippen molar-refractivity contribution in [3.05, 3.63) is 76.7 Å². The number of aryl methyl sites for hydroxylation is 1. The quantitative estimate of drug-likeness (QED) is 0.550. The number of imidazole rings is 1. The fraction of sp³-hybridized carbons (Fsp3) is 0.182. The largest absolute Gasteiger partial charge is 0.364 e. The number of carbonyl (C=O) groups excluding carboxylic acids is 1. The minimum absolute atomic E-state index is 0.0650. The summed E-state index contributed by atoms with van der Waals surface area (Å²) in [5, 5.41) is 4.92. The molecule has 0 atom stereocenters. The van der Waals surface area contributed by atoms with Gasteiger partial charge in [-0.2, -0.15) is 0 Å². The number of aromatic nitrogens is 2. The van der Waals surface area contributed by atoms with Crippen LogP contribution in [0.4, 0.5) is 11.4 Å². The summed E-state index contributed by atoms with van der Waals surface area (Å²) in [5.74, 6) is 1.02. The van der Waals surface area contributed by atoms with E-state index in [1.807, 2.05) is 41.8 Å². The molecule has 0 fully saturated rings. The molecular formula is C22H20N4OS. The Morgan fingerprint density at radius 2 is 1.96 bits per heavy atom. The number of hydrogen-bond acceptors (Lipinski definition) is 4. The first-order valence-electron chi connectivity index (χ1n) is 9.42. The third-order valence-electron chi connectivity index (χ3n) is 5.09. The van der Waals surface area contributed by atoms with Crippen molar-refractivity contribution in [3.8, 4) is 0 Å². The van der Waals surface area contributed by atoms with Gasteiger partial charge in [0.2, 0.25) is 0 Å². The molecule has 0 unspecified atom stereocenters. The summed E-state index contributed by atoms with van der Waals surface area (Å²) in [4.78, 5) is 20.3. The van der Waals surface area contributed by atoms with Crippen molar-refractivity contribution in [2.45, 2.75) is 19.5 Å². The highest BCUT2D eigenvalue weighted by Gasteiger charge is 2.19. The van der Waals surface area contributed by atoms with Gasteiger partial charge in [0.15, 0.2) is 0 Å². The zero-order chi connectivity index (χ0) is 18.9. The summed E-state index contributed by atoms with van der Waals surface area (Å²) in [6.07, 6.45) is 1.05. The van der Waals surface area contributed by atoms with Crippen LogP contribution in [0.3, 0.4) is 0 Å². The Morgan fingerprint density at radius 1 is 1.04 bits per heavy atom. The number of amides is 1. The first-order chi connectivity index (χ1) is 13.8. The normalized spacial score (nSPS) is 13.9. The number of benzene rings is 2. The number of nitrogens with one attached hydrogen (secondary N) is 1. The Bertz CT molecular complexity index is 1130. The van der Waals surface area contributed by atoms with E-state index in [2.05, 4.69) is 39.0 Å². The number of fused-ring (bicyclic) bond motifs is 3. The van der Waals surface area contributed by atoms with Gasteiger partial charge in [-0.15, -0.1) is 11.3 Å². The molecule has 3 heterocycles. The number of para-hydroxylation sites is 2. The second-order valence-corrected chi connectivity index (χ2v) is 7.87. The molecule has 1 aliphatic heterocycles. The maximum atomic E-state index is 12.4. The van der Waals surface area contributed by atoms with E-state index in [0.29, 0.717) is 4.88 Å². The fourth-order valence-electron chi connectivity index (χ4n) is 3.77. The Balaban J connectivity index is 1.40. The summed E-state index contributed by atoms with van der Waals surface area (Å²) in [6.45, 7) is 2.69. The van der Waals surface area contributed by atoms with Crippen LogP contribution in [0.1, 0.15) is 21.9 Å². The van der Waals surface area contributed by atoms with E-state index < -0.39 is 0 Å². The summed E-state index contributed by atoms with van der Waals surface area (Å²) in [7, 11) is 0. The summed E-state index contributed by atoms with van der Waals surface area (Å²) >= 11 is 1.45. The van der Waals surface area contributed by atoms with Crippen molar-refractivity contribution in [2.75, 3.05) is 16.8 Å². The number of rotatable bonds is 3. The van der Waals surface area contributed by atoms with E-state index in [9.17, 15) is 4.79 Å². The zero-order valence-electron chi connectivity index (χ0n) is 15.3. The van der Waals surface area contributed by atoms with Crippen molar-refractivity contribution in [3.63, 3.8) is 0 Å². The molecule has 1 amide bonds. The van der Waals surface area contributed by atoms with Gasteiger partial charge in [-0.3, -0.25) is 4.79 Å². The third-order valence-corrected chi connectivity index (χ3v) is 5.96. The van der Waals surface area contributed by atoms with E-state index in [0.717, 1.165) is 48.8 Å². The Morgan fingerprint density at radius 3 is 2.86 bits per heavy atom. The van der Waals surface area contributed by atoms with Crippen LogP contribution < -0.4 is 10.2 Å². The minimum Gasteiger partial charge on any atom is -0.364 e. The van der Waals surface area contributed by atoms with Crippen molar-refractivity contribution in [1.29, 1.82) is 0 Å². The number of anilines is 2. The summed E-state index contributed by atoms with van der Waals surface area (Å²) < 4.78 is 2.33. The van der Waals surface area contributed by atoms with Crippen LogP contribution in [0.25, 0.3) is 11.0 Å². The van der Waals surface area contributed by atoms with Crippen LogP contribution in [0, 0.1) is 0 Å². The number of thiophene rings is 1. The molecule has 5 rings (SSSR count). The number of hydrogen-bond donors (Lipinski definition) is 1. The highest BCUT2D eigenvalue weighted by Crippen LogP contribution is 2.26. The topological polar surface area (TPSA) is 50.2 Å². The molecule has 0 saturated carbocycles. The van der Waals surface area contributed by atoms with Crippen LogP contribution in [0.2, 0.25) is 0 Å². The molecule has 6 heteroatoms. The van der Waals surface area contributed by atoms with Gasteiger partial charge in [0.05, 0.1) is 22.5 Å². The number of carbonyl (C=O) groups is 1. The van der Waals surface area contributed by atoms with Crippen LogP contribution in [-0.2, 0) is 13.1 Å². The van der Waals surface area contributed by atoms with E-state index in [4.69, 9.17) is 4.98 Å². The molecule has 140 valence electrons. The van der Waals surface area contributed by atoms with E-state index in [1.165, 1.54) is 16.9 Å². The van der Waals surface area contributed by atoms with Crippen LogP contribution in [0.5, 0.6) is 0 Å². The molecule has 0 spiro atoms. The predicted molar refractivity (Wildman–Crippen MR) is 114 cm³/mol. The fourth-order valence-corrected chi connectivity index (χ4v) is 4.39. The molecule has 1 aliphatic rings. The molecule has 0 saturated heterocycles. The first-order valence-corrected chi connectivity index (χ1v) is 10.3. The average molecular weight is 388 g/mol. The van der Waals surface area contributed by atoms with Gasteiger partial charge < -0.3 is 14.8 Å². The molecule has 2 aromatic heterocycles. The molecule has 28 heavy (non-hydrogen) atoms. The monoisotopic (exact) mass is 388 g/mol. The Hall–Kier alpha value is -3.12. The summed E-state index contributed by atoms with van der Waals surface area (Å²) in [6, 6.07) is 20.1. The molecule has 0 radical (unpaired) electrons. The van der Waals surface area contributed by atoms with E-state index in [-0.39, 0.29) is 5.91 Å². The van der Waals surface area contributed by atoms with Crippen molar-refractivity contribution in [1.82, 2.24) is 9.55 Å². The molecule has 2 aromatic carbocycles. The van der Waals surface area contributed by atoms with Crippen LogP contribution in [0.15, 0.2) is 66.0 Å². The second-order valence-electron chi connectivity index (χ2n) is 6.93. The minimum atomic E-state index is -0.0650. The lowest BCUT2D eigenvalue weighted by atomic mass is 10.2. The van der Waals surface area contributed by atoms with Crippen LogP contribution >= 0.6 is 11.3 Å². The van der Waals surface area contributed by atoms with E-state index >= 15 is 0 Å². The molecule has 1 N–H and O–H groups in total. The Labute approximate surface area is 167 Å². The standard InChI is InChI=1S/C22H20N4OS/c27-22(20-10-4-13-28-20)23-16-6-3-7-17(14-16)25-11-5-12-26-19-9-2-1-8-18(19)24-21(26)15-25/h1-4,6-10,13-14H,5,11-12,15H2,(H,23,27). The average Bonchev–Trinajstić information content (AvgIpc) is 3.32. The van der Waals surface area contributed by atoms with Gasteiger partial charge in [0, 0.05) is 24.5 Å². The molecular weight excluding hydrogens is 368 g/mol. The predicted octanol–water partition coefficient (Wildman–Crippen LogP) is 4.76. The maximum absolute atomic E-state index is 12.4. The van der Waals surface area contributed by atoms with Crippen molar-refractivity contribution in [2.24, 2.45) is 0 Å². The van der Waals surface area contributed by atoms with Gasteiger partial charge in [-0.05, 0) is 48.2 Å². The van der Waals surface area contributed by atoms with Gasteiger partial charge >= 0.3 is 0 Å². The molecule has 0 bridgehead atoms. The lowest BCUT2D eigenvalue weighted by Crippen LogP contribution is -2.23. The Kier molecular flexibility index (Phi) is 4.33. The SMILES string of the molecule is O=C(Nc1cccc(N2CCCn3c(nc4ccccc43)C2)c1)c1cccs1. The third kappa shape index (κ3) is 3.16. The van der Waals surface area contributed by atoms with Gasteiger partial charge in [0.25, 0.3) is 5.91 Å². The first kappa shape index (κ1) is 17.0. The maximum Gasteiger partial charge on any atom is 0.265 e. The van der Waals surface area contributed by atoms with E-state index in [1.54, 1.807) is 0 Å². The molecule has 5 nitrogen and oxygen atoms in total. The highest BCUT2D eigenvalue weighted by molar-refractivity contribution is 7.12. The zero-order valence-corrected chi connectivity index (χ0v) is 16.2. The lowest BCUT2D eigenvalue weighted by Gasteiger charge is -2.22. The second kappa shape index (κ2) is 7.13. The molecule has 4 aromatic rings. The number of nitrogens with zero attached hydrogens (tertiary/aromatic N) is 3. The van der Waals surface area contributed by atoms with Crippen LogP contribution in [-0.4, -0.2) is 22.0 Å². The summed E-state index contributed by atoms with van der Waals surface area (Å²) in [5.41, 5.74) is 4.17. The van der Waals surface area contributed by atoms with Gasteiger partial charge in [0.1, 0.15) is 5.82 Å². The van der Waals surface area contributed by atoms with Gasteiger partial charge in [-0.25, -0.2) is 4.98 Å².